The van der Waals surface area contributed by atoms with Crippen molar-refractivity contribution >= 4 is 23.2 Å². The lowest BCUT2D eigenvalue weighted by atomic mass is 10.2. The van der Waals surface area contributed by atoms with Crippen LogP contribution in [0.3, 0.4) is 0 Å². The fourth-order valence-corrected chi connectivity index (χ4v) is 3.45. The van der Waals surface area contributed by atoms with Crippen LogP contribution in [0.5, 0.6) is 0 Å². The molecular weight excluding hydrogens is 376 g/mol. The summed E-state index contributed by atoms with van der Waals surface area (Å²) in [6, 6.07) is 21.4. The number of benzene rings is 2. The fraction of sp³-hybridized carbons (Fsp3) is 0.208. The normalized spacial score (nSPS) is 13.3. The van der Waals surface area contributed by atoms with Gasteiger partial charge in [0.1, 0.15) is 5.69 Å². The molecule has 0 saturated carbocycles. The number of pyridine rings is 1. The maximum absolute atomic E-state index is 12.4. The number of hydrogen-bond acceptors (Lipinski definition) is 4. The van der Waals surface area contributed by atoms with Crippen molar-refractivity contribution in [2.45, 2.75) is 25.9 Å². The van der Waals surface area contributed by atoms with E-state index < -0.39 is 0 Å². The average Bonchev–Trinajstić information content (AvgIpc) is 3.23. The zero-order chi connectivity index (χ0) is 20.8. The van der Waals surface area contributed by atoms with E-state index in [0.29, 0.717) is 25.2 Å². The Labute approximate surface area is 175 Å². The summed E-state index contributed by atoms with van der Waals surface area (Å²) < 4.78 is 0. The lowest BCUT2D eigenvalue weighted by Gasteiger charge is -2.16. The second kappa shape index (κ2) is 9.22. The Kier molecular flexibility index (Phi) is 6.03. The first-order valence-electron chi connectivity index (χ1n) is 10.1. The Bertz CT molecular complexity index is 1020. The Hall–Kier alpha value is -3.67. The molecule has 1 aliphatic rings. The Morgan fingerprint density at radius 2 is 1.73 bits per heavy atom. The van der Waals surface area contributed by atoms with Gasteiger partial charge in [0.05, 0.1) is 0 Å². The third-order valence-corrected chi connectivity index (χ3v) is 5.11. The van der Waals surface area contributed by atoms with Gasteiger partial charge in [-0.2, -0.15) is 0 Å². The number of nitrogens with one attached hydrogen (secondary N) is 2. The number of aromatic nitrogens is 1. The molecule has 2 amide bonds. The fourth-order valence-electron chi connectivity index (χ4n) is 3.45. The highest BCUT2D eigenvalue weighted by molar-refractivity contribution is 5.95. The van der Waals surface area contributed by atoms with Gasteiger partial charge in [0.15, 0.2) is 0 Å². The molecule has 0 aliphatic carbocycles. The summed E-state index contributed by atoms with van der Waals surface area (Å²) in [7, 11) is 0. The minimum Gasteiger partial charge on any atom is -0.381 e. The van der Waals surface area contributed by atoms with Crippen LogP contribution in [0, 0.1) is 0 Å². The molecule has 0 unspecified atom stereocenters. The molecule has 0 spiro atoms. The van der Waals surface area contributed by atoms with Crippen molar-refractivity contribution in [1.29, 1.82) is 0 Å². The molecule has 2 aromatic carbocycles. The molecule has 6 nitrogen and oxygen atoms in total. The van der Waals surface area contributed by atoms with E-state index in [1.165, 1.54) is 0 Å². The number of amides is 2. The standard InChI is InChI=1S/C24H24N4O2/c29-23-7-4-14-28(23)21-10-8-19(9-11-21)16-26-20-12-13-25-22(15-20)24(30)27-17-18-5-2-1-3-6-18/h1-3,5-6,8-13,15H,4,7,14,16-17H2,(H,25,26)(H,27,30). The minimum absolute atomic E-state index is 0.190. The minimum atomic E-state index is -0.206. The van der Waals surface area contributed by atoms with Gasteiger partial charge in [-0.05, 0) is 41.8 Å². The largest absolute Gasteiger partial charge is 0.381 e. The van der Waals surface area contributed by atoms with Crippen LogP contribution in [0.25, 0.3) is 0 Å². The third kappa shape index (κ3) is 4.84. The highest BCUT2D eigenvalue weighted by Crippen LogP contribution is 2.22. The van der Waals surface area contributed by atoms with E-state index >= 15 is 0 Å². The zero-order valence-electron chi connectivity index (χ0n) is 16.7. The first-order chi connectivity index (χ1) is 14.7. The van der Waals surface area contributed by atoms with Gasteiger partial charge in [-0.15, -0.1) is 0 Å². The Morgan fingerprint density at radius 1 is 0.967 bits per heavy atom. The summed E-state index contributed by atoms with van der Waals surface area (Å²) in [4.78, 5) is 30.3. The molecule has 1 saturated heterocycles. The molecular formula is C24H24N4O2. The number of carbonyl (C=O) groups excluding carboxylic acids is 2. The van der Waals surface area contributed by atoms with Gasteiger partial charge in [0, 0.05) is 43.6 Å². The van der Waals surface area contributed by atoms with Gasteiger partial charge < -0.3 is 15.5 Å². The number of carbonyl (C=O) groups is 2. The summed E-state index contributed by atoms with van der Waals surface area (Å²) in [6.07, 6.45) is 3.18. The van der Waals surface area contributed by atoms with E-state index in [1.807, 2.05) is 65.6 Å². The molecule has 152 valence electrons. The van der Waals surface area contributed by atoms with Crippen LogP contribution in [0.1, 0.15) is 34.5 Å². The molecule has 1 aromatic heterocycles. The van der Waals surface area contributed by atoms with Gasteiger partial charge in [0.2, 0.25) is 5.91 Å². The molecule has 0 bridgehead atoms. The molecule has 30 heavy (non-hydrogen) atoms. The maximum atomic E-state index is 12.4. The van der Waals surface area contributed by atoms with Gasteiger partial charge >= 0.3 is 0 Å². The molecule has 2 N–H and O–H groups in total. The first-order valence-corrected chi connectivity index (χ1v) is 10.1. The molecule has 2 heterocycles. The van der Waals surface area contributed by atoms with Crippen molar-refractivity contribution in [3.8, 4) is 0 Å². The van der Waals surface area contributed by atoms with Crippen molar-refractivity contribution in [1.82, 2.24) is 10.3 Å². The lowest BCUT2D eigenvalue weighted by molar-refractivity contribution is -0.117. The number of hydrogen-bond donors (Lipinski definition) is 2. The Balaban J connectivity index is 1.33. The van der Waals surface area contributed by atoms with E-state index in [0.717, 1.165) is 35.5 Å². The SMILES string of the molecule is O=C(NCc1ccccc1)c1cc(NCc2ccc(N3CCCC3=O)cc2)ccn1. The van der Waals surface area contributed by atoms with Crippen LogP contribution in [0.4, 0.5) is 11.4 Å². The average molecular weight is 400 g/mol. The van der Waals surface area contributed by atoms with Crippen molar-refractivity contribution in [3.05, 3.63) is 89.7 Å². The predicted molar refractivity (Wildman–Crippen MR) is 117 cm³/mol. The van der Waals surface area contributed by atoms with Crippen LogP contribution < -0.4 is 15.5 Å². The van der Waals surface area contributed by atoms with Gasteiger partial charge in [-0.25, -0.2) is 0 Å². The van der Waals surface area contributed by atoms with Crippen LogP contribution in [-0.4, -0.2) is 23.3 Å². The second-order valence-corrected chi connectivity index (χ2v) is 7.27. The Morgan fingerprint density at radius 3 is 2.47 bits per heavy atom. The number of nitrogens with zero attached hydrogens (tertiary/aromatic N) is 2. The monoisotopic (exact) mass is 400 g/mol. The third-order valence-electron chi connectivity index (χ3n) is 5.11. The van der Waals surface area contributed by atoms with Gasteiger partial charge in [0.25, 0.3) is 5.91 Å². The zero-order valence-corrected chi connectivity index (χ0v) is 16.7. The summed E-state index contributed by atoms with van der Waals surface area (Å²) in [6.45, 7) is 1.87. The summed E-state index contributed by atoms with van der Waals surface area (Å²) >= 11 is 0. The number of anilines is 2. The van der Waals surface area contributed by atoms with Crippen LogP contribution in [-0.2, 0) is 17.9 Å². The summed E-state index contributed by atoms with van der Waals surface area (Å²) in [5.41, 5.74) is 4.28. The molecule has 6 heteroatoms. The van der Waals surface area contributed by atoms with Crippen LogP contribution in [0.15, 0.2) is 72.9 Å². The summed E-state index contributed by atoms with van der Waals surface area (Å²) in [5.74, 6) is -0.0159. The van der Waals surface area contributed by atoms with E-state index in [9.17, 15) is 9.59 Å². The van der Waals surface area contributed by atoms with Crippen molar-refractivity contribution in [3.63, 3.8) is 0 Å². The molecule has 4 rings (SSSR count). The predicted octanol–water partition coefficient (Wildman–Crippen LogP) is 3.75. The molecule has 1 fully saturated rings. The lowest BCUT2D eigenvalue weighted by Crippen LogP contribution is -2.23. The first kappa shape index (κ1) is 19.6. The highest BCUT2D eigenvalue weighted by Gasteiger charge is 2.21. The van der Waals surface area contributed by atoms with Gasteiger partial charge in [-0.1, -0.05) is 42.5 Å². The van der Waals surface area contributed by atoms with Crippen molar-refractivity contribution < 1.29 is 9.59 Å². The van der Waals surface area contributed by atoms with Crippen molar-refractivity contribution in [2.75, 3.05) is 16.8 Å². The quantitative estimate of drug-likeness (QED) is 0.633. The summed E-state index contributed by atoms with van der Waals surface area (Å²) in [5, 5.41) is 6.22. The molecule has 0 atom stereocenters. The molecule has 0 radical (unpaired) electrons. The number of rotatable bonds is 7. The topological polar surface area (TPSA) is 74.3 Å². The van der Waals surface area contributed by atoms with E-state index in [1.54, 1.807) is 12.3 Å². The molecule has 3 aromatic rings. The van der Waals surface area contributed by atoms with Crippen LogP contribution >= 0.6 is 0 Å². The smallest absolute Gasteiger partial charge is 0.270 e. The van der Waals surface area contributed by atoms with E-state index in [-0.39, 0.29) is 11.8 Å². The van der Waals surface area contributed by atoms with E-state index in [4.69, 9.17) is 0 Å². The van der Waals surface area contributed by atoms with Crippen LogP contribution in [0.2, 0.25) is 0 Å². The second-order valence-electron chi connectivity index (χ2n) is 7.27. The van der Waals surface area contributed by atoms with E-state index in [2.05, 4.69) is 15.6 Å². The van der Waals surface area contributed by atoms with Gasteiger partial charge in [-0.3, -0.25) is 14.6 Å². The van der Waals surface area contributed by atoms with Crippen molar-refractivity contribution in [2.24, 2.45) is 0 Å². The maximum Gasteiger partial charge on any atom is 0.270 e. The highest BCUT2D eigenvalue weighted by atomic mass is 16.2. The molecule has 1 aliphatic heterocycles.